The predicted molar refractivity (Wildman–Crippen MR) is 115 cm³/mol. The molecule has 0 radical (unpaired) electrons. The standard InChI is InChI=1S/C22H28BN3/c1-16-24(5)20-13-9-10-14-21(20)26(16)23-15-18(22(2,3)4)17-11-7-8-12-19(17)25(23)6/h7-16H,1-6H3/t16-/m0/s1. The van der Waals surface area contributed by atoms with Gasteiger partial charge < -0.3 is 14.5 Å². The van der Waals surface area contributed by atoms with Gasteiger partial charge in [0.1, 0.15) is 0 Å². The van der Waals surface area contributed by atoms with Crippen LogP contribution in [0.1, 0.15) is 33.3 Å². The van der Waals surface area contributed by atoms with Gasteiger partial charge in [0.05, 0.1) is 17.5 Å². The Bertz CT molecular complexity index is 868. The van der Waals surface area contributed by atoms with E-state index in [-0.39, 0.29) is 12.4 Å². The third-order valence-corrected chi connectivity index (χ3v) is 5.88. The van der Waals surface area contributed by atoms with Gasteiger partial charge in [-0.2, -0.15) is 0 Å². The maximum absolute atomic E-state index is 2.54. The van der Waals surface area contributed by atoms with Crippen molar-refractivity contribution in [3.05, 3.63) is 60.1 Å². The summed E-state index contributed by atoms with van der Waals surface area (Å²) in [5.74, 6) is 2.47. The SMILES string of the molecule is C[C@H]1N(C)c2ccccc2N1B1C=C(C(C)(C)C)c2ccccc2N1C. The zero-order valence-electron chi connectivity index (χ0n) is 16.7. The van der Waals surface area contributed by atoms with Gasteiger partial charge in [0.15, 0.2) is 0 Å². The van der Waals surface area contributed by atoms with Gasteiger partial charge in [-0.3, -0.25) is 0 Å². The summed E-state index contributed by atoms with van der Waals surface area (Å²) in [7, 11) is 4.40. The highest BCUT2D eigenvalue weighted by atomic mass is 15.4. The van der Waals surface area contributed by atoms with Crippen LogP contribution < -0.4 is 14.5 Å². The van der Waals surface area contributed by atoms with E-state index in [4.69, 9.17) is 0 Å². The van der Waals surface area contributed by atoms with Crippen LogP contribution in [-0.2, 0) is 0 Å². The Kier molecular flexibility index (Phi) is 3.83. The summed E-state index contributed by atoms with van der Waals surface area (Å²) in [5, 5.41) is 0. The average Bonchev–Trinajstić information content (AvgIpc) is 2.86. The van der Waals surface area contributed by atoms with E-state index in [2.05, 4.69) is 111 Å². The normalized spacial score (nSPS) is 19.5. The Morgan fingerprint density at radius 3 is 2.08 bits per heavy atom. The number of hydrogen-bond donors (Lipinski definition) is 0. The molecule has 2 aromatic carbocycles. The molecule has 0 saturated carbocycles. The van der Waals surface area contributed by atoms with E-state index < -0.39 is 0 Å². The van der Waals surface area contributed by atoms with Crippen LogP contribution in [0.5, 0.6) is 0 Å². The highest BCUT2D eigenvalue weighted by Gasteiger charge is 2.42. The van der Waals surface area contributed by atoms with Gasteiger partial charge in [0.2, 0.25) is 0 Å². The molecule has 0 fully saturated rings. The van der Waals surface area contributed by atoms with Crippen LogP contribution in [0.4, 0.5) is 17.1 Å². The number of anilines is 3. The van der Waals surface area contributed by atoms with Crippen molar-refractivity contribution in [3.8, 4) is 0 Å². The monoisotopic (exact) mass is 345 g/mol. The molecule has 4 rings (SSSR count). The number of para-hydroxylation sites is 3. The fraction of sp³-hybridized carbons (Fsp3) is 0.364. The molecule has 3 nitrogen and oxygen atoms in total. The Labute approximate surface area is 158 Å². The zero-order valence-corrected chi connectivity index (χ0v) is 16.7. The molecule has 0 bridgehead atoms. The van der Waals surface area contributed by atoms with Crippen molar-refractivity contribution in [2.75, 3.05) is 28.6 Å². The Hall–Kier alpha value is -2.36. The Morgan fingerprint density at radius 1 is 0.846 bits per heavy atom. The first-order valence-corrected chi connectivity index (χ1v) is 9.45. The molecule has 0 unspecified atom stereocenters. The number of allylic oxidation sites excluding steroid dienone is 1. The summed E-state index contributed by atoms with van der Waals surface area (Å²) in [5.41, 5.74) is 6.80. The number of benzene rings is 2. The summed E-state index contributed by atoms with van der Waals surface area (Å²) in [4.78, 5) is 7.32. The molecule has 2 heterocycles. The van der Waals surface area contributed by atoms with Gasteiger partial charge >= 0.3 is 6.98 Å². The number of nitrogens with zero attached hydrogens (tertiary/aromatic N) is 3. The summed E-state index contributed by atoms with van der Waals surface area (Å²) in [6.07, 6.45) is 0.308. The molecule has 26 heavy (non-hydrogen) atoms. The fourth-order valence-electron chi connectivity index (χ4n) is 4.36. The largest absolute Gasteiger partial charge is 0.405 e. The minimum atomic E-state index is 0.101. The van der Waals surface area contributed by atoms with Gasteiger partial charge in [-0.15, -0.1) is 0 Å². The topological polar surface area (TPSA) is 9.72 Å². The molecule has 134 valence electrons. The van der Waals surface area contributed by atoms with Gasteiger partial charge in [-0.25, -0.2) is 0 Å². The van der Waals surface area contributed by atoms with Gasteiger partial charge in [0, 0.05) is 12.7 Å². The maximum Gasteiger partial charge on any atom is 0.405 e. The first-order chi connectivity index (χ1) is 12.3. The molecule has 0 spiro atoms. The average molecular weight is 345 g/mol. The van der Waals surface area contributed by atoms with Crippen molar-refractivity contribution >= 4 is 29.6 Å². The number of fused-ring (bicyclic) bond motifs is 2. The second kappa shape index (κ2) is 5.83. The van der Waals surface area contributed by atoms with Crippen molar-refractivity contribution in [1.29, 1.82) is 0 Å². The fourth-order valence-corrected chi connectivity index (χ4v) is 4.36. The molecule has 2 aromatic rings. The summed E-state index contributed by atoms with van der Waals surface area (Å²) >= 11 is 0. The van der Waals surface area contributed by atoms with Crippen LogP contribution >= 0.6 is 0 Å². The van der Waals surface area contributed by atoms with E-state index in [1.54, 1.807) is 0 Å². The maximum atomic E-state index is 2.54. The van der Waals surface area contributed by atoms with Gasteiger partial charge in [-0.1, -0.05) is 57.1 Å². The molecule has 0 saturated heterocycles. The third kappa shape index (κ3) is 2.43. The highest BCUT2D eigenvalue weighted by Crippen LogP contribution is 2.45. The Morgan fingerprint density at radius 2 is 1.42 bits per heavy atom. The van der Waals surface area contributed by atoms with Gasteiger partial charge in [0.25, 0.3) is 0 Å². The molecule has 2 aliphatic heterocycles. The second-order valence-corrected chi connectivity index (χ2v) is 8.51. The molecule has 4 heteroatoms. The van der Waals surface area contributed by atoms with Crippen LogP contribution in [0, 0.1) is 5.41 Å². The molecule has 0 N–H and O–H groups in total. The van der Waals surface area contributed by atoms with E-state index in [0.29, 0.717) is 6.17 Å². The van der Waals surface area contributed by atoms with Gasteiger partial charge in [-0.05, 0) is 48.7 Å². The third-order valence-electron chi connectivity index (χ3n) is 5.88. The molecule has 0 aromatic heterocycles. The van der Waals surface area contributed by atoms with Crippen LogP contribution in [0.2, 0.25) is 0 Å². The van der Waals surface area contributed by atoms with Crippen molar-refractivity contribution < 1.29 is 0 Å². The lowest BCUT2D eigenvalue weighted by Gasteiger charge is -2.42. The lowest BCUT2D eigenvalue weighted by Crippen LogP contribution is -2.57. The van der Waals surface area contributed by atoms with Crippen molar-refractivity contribution in [2.45, 2.75) is 33.9 Å². The predicted octanol–water partition coefficient (Wildman–Crippen LogP) is 4.90. The van der Waals surface area contributed by atoms with Crippen LogP contribution in [0.15, 0.2) is 54.5 Å². The molecule has 0 amide bonds. The van der Waals surface area contributed by atoms with E-state index in [1.165, 1.54) is 28.2 Å². The first kappa shape index (κ1) is 17.1. The van der Waals surface area contributed by atoms with Crippen molar-refractivity contribution in [1.82, 2.24) is 0 Å². The highest BCUT2D eigenvalue weighted by molar-refractivity contribution is 6.74. The van der Waals surface area contributed by atoms with Crippen molar-refractivity contribution in [3.63, 3.8) is 0 Å². The first-order valence-electron chi connectivity index (χ1n) is 9.45. The molecular weight excluding hydrogens is 317 g/mol. The van der Waals surface area contributed by atoms with Crippen molar-refractivity contribution in [2.24, 2.45) is 5.41 Å². The quantitative estimate of drug-likeness (QED) is 0.681. The van der Waals surface area contributed by atoms with E-state index >= 15 is 0 Å². The molecule has 0 aliphatic carbocycles. The van der Waals surface area contributed by atoms with Crippen LogP contribution in [-0.4, -0.2) is 27.2 Å². The minimum absolute atomic E-state index is 0.101. The zero-order chi connectivity index (χ0) is 18.6. The van der Waals surface area contributed by atoms with E-state index in [1.807, 2.05) is 0 Å². The van der Waals surface area contributed by atoms with E-state index in [0.717, 1.165) is 0 Å². The summed E-state index contributed by atoms with van der Waals surface area (Å²) < 4.78 is 0. The smallest absolute Gasteiger partial charge is 0.395 e. The molecule has 1 atom stereocenters. The number of hydrogen-bond acceptors (Lipinski definition) is 3. The summed E-state index contributed by atoms with van der Waals surface area (Å²) in [6, 6.07) is 17.5. The minimum Gasteiger partial charge on any atom is -0.395 e. The Balaban J connectivity index is 1.88. The molecular formula is C22H28BN3. The van der Waals surface area contributed by atoms with Crippen LogP contribution in [0.3, 0.4) is 0 Å². The van der Waals surface area contributed by atoms with Crippen LogP contribution in [0.25, 0.3) is 5.57 Å². The number of rotatable bonds is 1. The summed E-state index contributed by atoms with van der Waals surface area (Å²) in [6.45, 7) is 9.42. The second-order valence-electron chi connectivity index (χ2n) is 8.51. The lowest BCUT2D eigenvalue weighted by atomic mass is 9.62. The molecule has 2 aliphatic rings. The lowest BCUT2D eigenvalue weighted by molar-refractivity contribution is 0.566. The van der Waals surface area contributed by atoms with E-state index in [9.17, 15) is 0 Å².